The molecule has 1 amide bonds. The van der Waals surface area contributed by atoms with Crippen LogP contribution >= 0.6 is 0 Å². The number of ketones is 1. The largest absolute Gasteiger partial charge is 0.470 e. The van der Waals surface area contributed by atoms with Crippen LogP contribution in [-0.2, 0) is 23.9 Å². The van der Waals surface area contributed by atoms with Gasteiger partial charge in [-0.2, -0.15) is 0 Å². The Kier molecular flexibility index (Phi) is 5.46. The Bertz CT molecular complexity index is 704. The van der Waals surface area contributed by atoms with Crippen molar-refractivity contribution in [3.05, 3.63) is 41.8 Å². The molecule has 0 saturated carbocycles. The summed E-state index contributed by atoms with van der Waals surface area (Å²) in [6.45, 7) is 6.65. The quantitative estimate of drug-likeness (QED) is 0.623. The maximum absolute atomic E-state index is 12.3. The lowest BCUT2D eigenvalue weighted by molar-refractivity contribution is -0.152. The van der Waals surface area contributed by atoms with Crippen LogP contribution < -0.4 is 10.6 Å². The van der Waals surface area contributed by atoms with Gasteiger partial charge in [0, 0.05) is 11.2 Å². The molecular formula is C18H22N2O5. The molecule has 7 nitrogen and oxygen atoms in total. The second-order valence-electron chi connectivity index (χ2n) is 6.69. The first-order chi connectivity index (χ1) is 11.7. The number of hydrogen-bond acceptors (Lipinski definition) is 6. The lowest BCUT2D eigenvalue weighted by Crippen LogP contribution is -2.46. The van der Waals surface area contributed by atoms with Crippen molar-refractivity contribution in [1.29, 1.82) is 0 Å². The fourth-order valence-corrected chi connectivity index (χ4v) is 2.11. The number of nitrogens with one attached hydrogen (secondary N) is 2. The summed E-state index contributed by atoms with van der Waals surface area (Å²) >= 11 is 0. The van der Waals surface area contributed by atoms with Crippen LogP contribution in [0.3, 0.4) is 0 Å². The van der Waals surface area contributed by atoms with Crippen molar-refractivity contribution in [2.45, 2.75) is 39.3 Å². The molecule has 1 aliphatic rings. The Hall–Kier alpha value is -2.83. The Balaban J connectivity index is 2.10. The predicted molar refractivity (Wildman–Crippen MR) is 91.5 cm³/mol. The molecule has 0 radical (unpaired) electrons. The third-order valence-electron chi connectivity index (χ3n) is 3.24. The summed E-state index contributed by atoms with van der Waals surface area (Å²) in [6, 6.07) is 8.97. The summed E-state index contributed by atoms with van der Waals surface area (Å²) in [4.78, 5) is 36.3. The lowest BCUT2D eigenvalue weighted by atomic mass is 10.1. The van der Waals surface area contributed by atoms with Gasteiger partial charge in [-0.15, -0.1) is 0 Å². The van der Waals surface area contributed by atoms with Crippen LogP contribution in [-0.4, -0.2) is 35.9 Å². The fourth-order valence-electron chi connectivity index (χ4n) is 2.11. The van der Waals surface area contributed by atoms with Gasteiger partial charge in [-0.25, -0.2) is 4.79 Å². The van der Waals surface area contributed by atoms with Crippen LogP contribution in [0.2, 0.25) is 0 Å². The maximum Gasteiger partial charge on any atom is 0.348 e. The molecule has 0 aromatic heterocycles. The molecule has 1 aromatic rings. The Morgan fingerprint density at radius 1 is 1.20 bits per heavy atom. The van der Waals surface area contributed by atoms with Crippen molar-refractivity contribution in [3.8, 4) is 0 Å². The van der Waals surface area contributed by atoms with Gasteiger partial charge in [-0.1, -0.05) is 18.2 Å². The Morgan fingerprint density at radius 3 is 2.44 bits per heavy atom. The van der Waals surface area contributed by atoms with E-state index in [4.69, 9.17) is 9.47 Å². The molecule has 0 spiro atoms. The van der Waals surface area contributed by atoms with Gasteiger partial charge in [-0.05, 0) is 39.8 Å². The number of benzene rings is 1. The van der Waals surface area contributed by atoms with Crippen LogP contribution in [0.5, 0.6) is 0 Å². The van der Waals surface area contributed by atoms with Gasteiger partial charge >= 0.3 is 5.97 Å². The van der Waals surface area contributed by atoms with E-state index in [9.17, 15) is 14.4 Å². The minimum atomic E-state index is -1.04. The minimum absolute atomic E-state index is 0.0321. The molecule has 0 fully saturated rings. The minimum Gasteiger partial charge on any atom is -0.470 e. The number of para-hydroxylation sites is 1. The Labute approximate surface area is 146 Å². The van der Waals surface area contributed by atoms with Crippen molar-refractivity contribution < 1.29 is 23.9 Å². The van der Waals surface area contributed by atoms with Gasteiger partial charge in [0.25, 0.3) is 5.91 Å². The number of hydrogen-bond donors (Lipinski definition) is 2. The van der Waals surface area contributed by atoms with Crippen molar-refractivity contribution in [2.75, 3.05) is 11.9 Å². The van der Waals surface area contributed by atoms with E-state index >= 15 is 0 Å². The average molecular weight is 346 g/mol. The molecule has 2 rings (SSSR count). The van der Waals surface area contributed by atoms with E-state index in [1.54, 1.807) is 24.3 Å². The number of rotatable bonds is 5. The first-order valence-electron chi connectivity index (χ1n) is 7.93. The van der Waals surface area contributed by atoms with E-state index in [2.05, 4.69) is 10.6 Å². The smallest absolute Gasteiger partial charge is 0.348 e. The average Bonchev–Trinajstić information content (AvgIpc) is 2.87. The number of esters is 1. The number of carbonyl (C=O) groups excluding carboxylic acids is 3. The van der Waals surface area contributed by atoms with Gasteiger partial charge in [0.15, 0.2) is 18.3 Å². The third-order valence-corrected chi connectivity index (χ3v) is 3.24. The molecule has 134 valence electrons. The predicted octanol–water partition coefficient (Wildman–Crippen LogP) is 1.76. The molecule has 2 N–H and O–H groups in total. The molecule has 0 saturated heterocycles. The van der Waals surface area contributed by atoms with Crippen LogP contribution in [0.1, 0.15) is 27.7 Å². The molecular weight excluding hydrogens is 324 g/mol. The molecule has 1 aliphatic heterocycles. The Morgan fingerprint density at radius 2 is 1.84 bits per heavy atom. The zero-order valence-electron chi connectivity index (χ0n) is 14.7. The first-order valence-corrected chi connectivity index (χ1v) is 7.93. The molecule has 0 bridgehead atoms. The standard InChI is InChI=1S/C18H22N2O5/c1-11(15(22)20-18(2,3)4)25-17(23)14-13(21)10-24-16(14)19-12-8-6-5-7-9-12/h5-9,11,19H,10H2,1-4H3,(H,20,22)/t11-/m0/s1. The van der Waals surface area contributed by atoms with Crippen LogP contribution in [0, 0.1) is 0 Å². The molecule has 1 aromatic carbocycles. The second-order valence-corrected chi connectivity index (χ2v) is 6.69. The van der Waals surface area contributed by atoms with Gasteiger partial charge in [-0.3, -0.25) is 9.59 Å². The van der Waals surface area contributed by atoms with Gasteiger partial charge in [0.2, 0.25) is 11.7 Å². The topological polar surface area (TPSA) is 93.7 Å². The summed E-state index contributed by atoms with van der Waals surface area (Å²) < 4.78 is 10.4. The van der Waals surface area contributed by atoms with Crippen molar-refractivity contribution in [1.82, 2.24) is 5.32 Å². The van der Waals surface area contributed by atoms with Crippen molar-refractivity contribution >= 4 is 23.3 Å². The number of anilines is 1. The second kappa shape index (κ2) is 7.38. The van der Waals surface area contributed by atoms with E-state index in [-0.39, 0.29) is 18.1 Å². The van der Waals surface area contributed by atoms with Crippen LogP contribution in [0.4, 0.5) is 5.69 Å². The molecule has 0 unspecified atom stereocenters. The SMILES string of the molecule is C[C@H](OC(=O)C1=C(Nc2ccccc2)OCC1=O)C(=O)NC(C)(C)C. The number of ether oxygens (including phenoxy) is 2. The highest BCUT2D eigenvalue weighted by molar-refractivity contribution is 6.20. The van der Waals surface area contributed by atoms with Crippen molar-refractivity contribution in [3.63, 3.8) is 0 Å². The van der Waals surface area contributed by atoms with E-state index in [1.165, 1.54) is 6.92 Å². The van der Waals surface area contributed by atoms with Gasteiger partial charge in [0.1, 0.15) is 0 Å². The van der Waals surface area contributed by atoms with E-state index in [1.807, 2.05) is 26.8 Å². The highest BCUT2D eigenvalue weighted by Crippen LogP contribution is 2.21. The molecule has 0 aliphatic carbocycles. The summed E-state index contributed by atoms with van der Waals surface area (Å²) in [6.07, 6.45) is -1.04. The highest BCUT2D eigenvalue weighted by atomic mass is 16.6. The highest BCUT2D eigenvalue weighted by Gasteiger charge is 2.34. The third kappa shape index (κ3) is 5.07. The summed E-state index contributed by atoms with van der Waals surface area (Å²) in [5.74, 6) is -1.79. The van der Waals surface area contributed by atoms with E-state index in [0.29, 0.717) is 5.69 Å². The van der Waals surface area contributed by atoms with Gasteiger partial charge in [0.05, 0.1) is 0 Å². The number of carbonyl (C=O) groups is 3. The zero-order valence-corrected chi connectivity index (χ0v) is 14.7. The maximum atomic E-state index is 12.3. The monoisotopic (exact) mass is 346 g/mol. The summed E-state index contributed by atoms with van der Waals surface area (Å²) in [5.41, 5.74) is -0.0149. The summed E-state index contributed by atoms with van der Waals surface area (Å²) in [5, 5.41) is 5.59. The van der Waals surface area contributed by atoms with Crippen LogP contribution in [0.15, 0.2) is 41.8 Å². The molecule has 1 atom stereocenters. The molecule has 25 heavy (non-hydrogen) atoms. The fraction of sp³-hybridized carbons (Fsp3) is 0.389. The van der Waals surface area contributed by atoms with E-state index < -0.39 is 29.3 Å². The lowest BCUT2D eigenvalue weighted by Gasteiger charge is -2.23. The molecule has 1 heterocycles. The number of Topliss-reactive ketones (excluding diaryl/α,β-unsaturated/α-hetero) is 1. The molecule has 7 heteroatoms. The van der Waals surface area contributed by atoms with Crippen LogP contribution in [0.25, 0.3) is 0 Å². The summed E-state index contributed by atoms with van der Waals surface area (Å²) in [7, 11) is 0. The van der Waals surface area contributed by atoms with E-state index in [0.717, 1.165) is 0 Å². The number of amides is 1. The zero-order chi connectivity index (χ0) is 18.6. The van der Waals surface area contributed by atoms with Crippen molar-refractivity contribution in [2.24, 2.45) is 0 Å². The normalized spacial score (nSPS) is 15.4. The first kappa shape index (κ1) is 18.5. The van der Waals surface area contributed by atoms with Gasteiger partial charge < -0.3 is 20.1 Å².